The molecule has 0 heteroatoms. The lowest BCUT2D eigenvalue weighted by atomic mass is 9.57. The molecule has 5 atom stereocenters. The number of allylic oxidation sites excluding steroid dienone is 1. The maximum Gasteiger partial charge on any atom is -0.0264 e. The van der Waals surface area contributed by atoms with Crippen LogP contribution >= 0.6 is 0 Å². The monoisotopic (exact) mass is 356 g/mol. The molecule has 0 saturated heterocycles. The van der Waals surface area contributed by atoms with E-state index in [1.807, 2.05) is 0 Å². The molecule has 4 aliphatic carbocycles. The van der Waals surface area contributed by atoms with Gasteiger partial charge in [0.2, 0.25) is 0 Å². The number of hydrogen-bond acceptors (Lipinski definition) is 0. The molecule has 4 fully saturated rings. The zero-order chi connectivity index (χ0) is 18.0. The first kappa shape index (κ1) is 19.1. The quantitative estimate of drug-likeness (QED) is 0.319. The fourth-order valence-electron chi connectivity index (χ4n) is 8.65. The zero-order valence-electron chi connectivity index (χ0n) is 17.6. The molecule has 0 radical (unpaired) electrons. The Labute approximate surface area is 163 Å². The standard InChI is InChI=1S/C26H44/c1-3-4-5-12-19-26(2,20-13-6-7-14-20)25-23-17-10-8-15-21(23)22-16-9-11-18-24(22)25/h3,20-25H,1,4-19H2,2H3/t21?,22?,23?,24?,25?,26-/m1/s1. The SMILES string of the molecule is C=CCCCC[C@](C)(C1CCCC1)C1C2CCCCC2C2CCCCC21. The van der Waals surface area contributed by atoms with E-state index in [9.17, 15) is 0 Å². The molecule has 0 aliphatic heterocycles. The summed E-state index contributed by atoms with van der Waals surface area (Å²) in [6.45, 7) is 6.75. The van der Waals surface area contributed by atoms with Crippen LogP contribution in [0, 0.1) is 40.9 Å². The van der Waals surface area contributed by atoms with Crippen molar-refractivity contribution in [3.05, 3.63) is 12.7 Å². The minimum Gasteiger partial charge on any atom is -0.103 e. The third kappa shape index (κ3) is 3.44. The predicted octanol–water partition coefficient (Wildman–Crippen LogP) is 8.17. The second kappa shape index (κ2) is 8.40. The summed E-state index contributed by atoms with van der Waals surface area (Å²) in [5, 5.41) is 0. The van der Waals surface area contributed by atoms with Crippen molar-refractivity contribution in [3.8, 4) is 0 Å². The van der Waals surface area contributed by atoms with Crippen LogP contribution in [0.5, 0.6) is 0 Å². The molecule has 0 heterocycles. The van der Waals surface area contributed by atoms with Crippen LogP contribution in [0.1, 0.15) is 110 Å². The van der Waals surface area contributed by atoms with Gasteiger partial charge in [-0.1, -0.05) is 57.9 Å². The van der Waals surface area contributed by atoms with Crippen LogP contribution < -0.4 is 0 Å². The van der Waals surface area contributed by atoms with E-state index in [1.54, 1.807) is 38.5 Å². The molecule has 4 rings (SSSR count). The van der Waals surface area contributed by atoms with E-state index in [1.165, 1.54) is 64.2 Å². The van der Waals surface area contributed by atoms with E-state index < -0.39 is 0 Å². The van der Waals surface area contributed by atoms with Crippen molar-refractivity contribution in [2.24, 2.45) is 40.9 Å². The Morgan fingerprint density at radius 1 is 0.731 bits per heavy atom. The number of fused-ring (bicyclic) bond motifs is 3. The fourth-order valence-corrected chi connectivity index (χ4v) is 8.65. The Morgan fingerprint density at radius 2 is 1.23 bits per heavy atom. The summed E-state index contributed by atoms with van der Waals surface area (Å²) >= 11 is 0. The zero-order valence-corrected chi connectivity index (χ0v) is 17.6. The van der Waals surface area contributed by atoms with Crippen molar-refractivity contribution in [1.29, 1.82) is 0 Å². The van der Waals surface area contributed by atoms with Crippen molar-refractivity contribution < 1.29 is 0 Å². The topological polar surface area (TPSA) is 0 Å². The summed E-state index contributed by atoms with van der Waals surface area (Å²) in [7, 11) is 0. The largest absolute Gasteiger partial charge is 0.103 e. The second-order valence-electron chi connectivity index (χ2n) is 10.8. The number of unbranched alkanes of at least 4 members (excludes halogenated alkanes) is 2. The normalized spacial score (nSPS) is 40.0. The lowest BCUT2D eigenvalue weighted by Crippen LogP contribution is -2.41. The Balaban J connectivity index is 1.60. The molecule has 26 heavy (non-hydrogen) atoms. The first-order valence-corrected chi connectivity index (χ1v) is 12.4. The van der Waals surface area contributed by atoms with Gasteiger partial charge < -0.3 is 0 Å². The minimum atomic E-state index is 0.648. The van der Waals surface area contributed by atoms with Gasteiger partial charge in [0.05, 0.1) is 0 Å². The maximum atomic E-state index is 3.96. The average Bonchev–Trinajstić information content (AvgIpc) is 3.32. The average molecular weight is 357 g/mol. The van der Waals surface area contributed by atoms with Gasteiger partial charge in [-0.05, 0) is 98.7 Å². The van der Waals surface area contributed by atoms with E-state index in [0.717, 1.165) is 35.5 Å². The second-order valence-corrected chi connectivity index (χ2v) is 10.8. The molecule has 4 aliphatic rings. The molecule has 0 aromatic carbocycles. The van der Waals surface area contributed by atoms with E-state index in [2.05, 4.69) is 19.6 Å². The van der Waals surface area contributed by atoms with Crippen LogP contribution in [-0.4, -0.2) is 0 Å². The summed E-state index contributed by atoms with van der Waals surface area (Å²) in [5.74, 6) is 6.55. The molecule has 4 saturated carbocycles. The molecule has 0 nitrogen and oxygen atoms in total. The molecule has 0 N–H and O–H groups in total. The molecular weight excluding hydrogens is 312 g/mol. The highest BCUT2D eigenvalue weighted by molar-refractivity contribution is 5.06. The lowest BCUT2D eigenvalue weighted by Gasteiger charge is -2.48. The van der Waals surface area contributed by atoms with Crippen LogP contribution in [0.25, 0.3) is 0 Å². The van der Waals surface area contributed by atoms with Gasteiger partial charge in [-0.3, -0.25) is 0 Å². The first-order valence-electron chi connectivity index (χ1n) is 12.4. The molecule has 0 aromatic heterocycles. The van der Waals surface area contributed by atoms with Crippen molar-refractivity contribution in [1.82, 2.24) is 0 Å². The van der Waals surface area contributed by atoms with Crippen molar-refractivity contribution in [2.45, 2.75) is 110 Å². The highest BCUT2D eigenvalue weighted by Gasteiger charge is 2.58. The molecule has 0 aromatic rings. The molecule has 0 bridgehead atoms. The van der Waals surface area contributed by atoms with Crippen molar-refractivity contribution in [3.63, 3.8) is 0 Å². The van der Waals surface area contributed by atoms with Crippen LogP contribution in [0.2, 0.25) is 0 Å². The minimum absolute atomic E-state index is 0.648. The van der Waals surface area contributed by atoms with Gasteiger partial charge in [0.1, 0.15) is 0 Å². The Hall–Kier alpha value is -0.260. The van der Waals surface area contributed by atoms with Gasteiger partial charge in [0.15, 0.2) is 0 Å². The summed E-state index contributed by atoms with van der Waals surface area (Å²) in [4.78, 5) is 0. The van der Waals surface area contributed by atoms with Crippen LogP contribution in [0.15, 0.2) is 12.7 Å². The summed E-state index contributed by atoms with van der Waals surface area (Å²) in [6.07, 6.45) is 26.3. The highest BCUT2D eigenvalue weighted by atomic mass is 14.6. The van der Waals surface area contributed by atoms with Gasteiger partial charge in [0, 0.05) is 0 Å². The summed E-state index contributed by atoms with van der Waals surface area (Å²) in [6, 6.07) is 0. The van der Waals surface area contributed by atoms with E-state index in [4.69, 9.17) is 0 Å². The van der Waals surface area contributed by atoms with Gasteiger partial charge >= 0.3 is 0 Å². The van der Waals surface area contributed by atoms with E-state index >= 15 is 0 Å². The van der Waals surface area contributed by atoms with Gasteiger partial charge in [0.25, 0.3) is 0 Å². The smallest absolute Gasteiger partial charge is 0.0264 e. The lowest BCUT2D eigenvalue weighted by molar-refractivity contribution is 0.00528. The maximum absolute atomic E-state index is 3.96. The Kier molecular flexibility index (Phi) is 6.16. The first-order chi connectivity index (χ1) is 12.8. The van der Waals surface area contributed by atoms with Gasteiger partial charge in [-0.25, -0.2) is 0 Å². The highest BCUT2D eigenvalue weighted by Crippen LogP contribution is 2.65. The van der Waals surface area contributed by atoms with Crippen molar-refractivity contribution >= 4 is 0 Å². The molecule has 4 unspecified atom stereocenters. The number of rotatable bonds is 7. The molecule has 0 spiro atoms. The van der Waals surface area contributed by atoms with Crippen LogP contribution in [-0.2, 0) is 0 Å². The van der Waals surface area contributed by atoms with E-state index in [-0.39, 0.29) is 0 Å². The fraction of sp³-hybridized carbons (Fsp3) is 0.923. The third-order valence-corrected chi connectivity index (χ3v) is 9.65. The van der Waals surface area contributed by atoms with E-state index in [0.29, 0.717) is 5.41 Å². The third-order valence-electron chi connectivity index (χ3n) is 9.65. The summed E-state index contributed by atoms with van der Waals surface area (Å²) < 4.78 is 0. The number of hydrogen-bond donors (Lipinski definition) is 0. The molecule has 0 amide bonds. The molecular formula is C26H44. The molecule has 148 valence electrons. The van der Waals surface area contributed by atoms with Gasteiger partial charge in [-0.15, -0.1) is 6.58 Å². The van der Waals surface area contributed by atoms with Gasteiger partial charge in [-0.2, -0.15) is 0 Å². The predicted molar refractivity (Wildman–Crippen MR) is 113 cm³/mol. The Bertz CT molecular complexity index is 437. The summed E-state index contributed by atoms with van der Waals surface area (Å²) in [5.41, 5.74) is 0.648. The Morgan fingerprint density at radius 3 is 1.77 bits per heavy atom. The van der Waals surface area contributed by atoms with Crippen molar-refractivity contribution in [2.75, 3.05) is 0 Å². The van der Waals surface area contributed by atoms with Crippen LogP contribution in [0.4, 0.5) is 0 Å². The van der Waals surface area contributed by atoms with Crippen LogP contribution in [0.3, 0.4) is 0 Å².